The van der Waals surface area contributed by atoms with Gasteiger partial charge < -0.3 is 4.90 Å². The van der Waals surface area contributed by atoms with Crippen molar-refractivity contribution in [1.29, 1.82) is 0 Å². The van der Waals surface area contributed by atoms with Crippen molar-refractivity contribution in [2.24, 2.45) is 4.40 Å². The summed E-state index contributed by atoms with van der Waals surface area (Å²) in [4.78, 5) is 1.92. The van der Waals surface area contributed by atoms with E-state index in [9.17, 15) is 8.42 Å². The lowest BCUT2D eigenvalue weighted by atomic mass is 10.4. The van der Waals surface area contributed by atoms with Crippen LogP contribution in [0.25, 0.3) is 0 Å². The fourth-order valence-electron chi connectivity index (χ4n) is 1.33. The summed E-state index contributed by atoms with van der Waals surface area (Å²) in [6, 6.07) is 0. The summed E-state index contributed by atoms with van der Waals surface area (Å²) >= 11 is 5.62. The number of halogens is 1. The number of rotatable bonds is 2. The van der Waals surface area contributed by atoms with Gasteiger partial charge in [-0.2, -0.15) is 0 Å². The molecule has 0 saturated carbocycles. The summed E-state index contributed by atoms with van der Waals surface area (Å²) in [6.45, 7) is 1.72. The van der Waals surface area contributed by atoms with E-state index in [1.165, 1.54) is 0 Å². The number of sulfonamides is 1. The van der Waals surface area contributed by atoms with Gasteiger partial charge in [0, 0.05) is 13.1 Å². The van der Waals surface area contributed by atoms with Crippen molar-refractivity contribution in [1.82, 2.24) is 4.90 Å². The maximum Gasteiger partial charge on any atom is 0.251 e. The second-order valence-corrected chi connectivity index (χ2v) is 4.98. The normalized spacial score (nSPS) is 19.5. The minimum absolute atomic E-state index is 0.160. The lowest BCUT2D eigenvalue weighted by Crippen LogP contribution is -2.29. The summed E-state index contributed by atoms with van der Waals surface area (Å²) in [6.07, 6.45) is 3.25. The van der Waals surface area contributed by atoms with Gasteiger partial charge in [0.25, 0.3) is 10.0 Å². The summed E-state index contributed by atoms with van der Waals surface area (Å²) in [7, 11) is -3.31. The molecule has 0 atom stereocenters. The summed E-state index contributed by atoms with van der Waals surface area (Å²) in [5.41, 5.74) is 0. The van der Waals surface area contributed by atoms with Gasteiger partial charge in [-0.15, -0.1) is 16.0 Å². The second kappa shape index (κ2) is 4.28. The number of likely N-dealkylation sites (tertiary alicyclic amines) is 1. The third-order valence-electron chi connectivity index (χ3n) is 1.86. The van der Waals surface area contributed by atoms with Gasteiger partial charge in [-0.1, -0.05) is 0 Å². The molecule has 0 radical (unpaired) electrons. The summed E-state index contributed by atoms with van der Waals surface area (Å²) in [5, 5.41) is 0. The first-order chi connectivity index (χ1) is 6.03. The Labute approximate surface area is 83.6 Å². The van der Waals surface area contributed by atoms with E-state index in [0.717, 1.165) is 32.2 Å². The first-order valence-electron chi connectivity index (χ1n) is 4.12. The highest BCUT2D eigenvalue weighted by atomic mass is 35.5. The molecule has 1 heterocycles. The molecule has 4 nitrogen and oxygen atoms in total. The lowest BCUT2D eigenvalue weighted by Gasteiger charge is -2.17. The number of hydrogen-bond acceptors (Lipinski definition) is 2. The van der Waals surface area contributed by atoms with Gasteiger partial charge >= 0.3 is 0 Å². The van der Waals surface area contributed by atoms with Crippen LogP contribution in [0.5, 0.6) is 0 Å². The Morgan fingerprint density at radius 3 is 2.38 bits per heavy atom. The highest BCUT2D eigenvalue weighted by molar-refractivity contribution is 7.89. The van der Waals surface area contributed by atoms with Crippen LogP contribution in [0.2, 0.25) is 0 Å². The van der Waals surface area contributed by atoms with E-state index in [1.54, 1.807) is 0 Å². The van der Waals surface area contributed by atoms with Crippen molar-refractivity contribution in [3.8, 4) is 0 Å². The Kier molecular flexibility index (Phi) is 3.55. The van der Waals surface area contributed by atoms with E-state index in [2.05, 4.69) is 4.40 Å². The topological polar surface area (TPSA) is 49.7 Å². The Morgan fingerprint density at radius 1 is 1.46 bits per heavy atom. The Bertz CT molecular complexity index is 294. The minimum Gasteiger partial charge on any atom is -0.358 e. The smallest absolute Gasteiger partial charge is 0.251 e. The van der Waals surface area contributed by atoms with E-state index in [-0.39, 0.29) is 5.88 Å². The monoisotopic (exact) mass is 224 g/mol. The average Bonchev–Trinajstić information content (AvgIpc) is 2.50. The quantitative estimate of drug-likeness (QED) is 0.394. The van der Waals surface area contributed by atoms with Crippen molar-refractivity contribution in [3.63, 3.8) is 0 Å². The molecule has 76 valence electrons. The summed E-state index contributed by atoms with van der Waals surface area (Å²) < 4.78 is 25.4. The van der Waals surface area contributed by atoms with Crippen LogP contribution in [0.3, 0.4) is 0 Å². The third-order valence-corrected chi connectivity index (χ3v) is 2.64. The fraction of sp³-hybridized carbons (Fsp3) is 0.857. The van der Waals surface area contributed by atoms with E-state index in [0.29, 0.717) is 5.84 Å². The second-order valence-electron chi connectivity index (χ2n) is 3.07. The van der Waals surface area contributed by atoms with Gasteiger partial charge in [0.2, 0.25) is 0 Å². The van der Waals surface area contributed by atoms with Gasteiger partial charge in [-0.05, 0) is 12.8 Å². The number of alkyl halides is 1. The van der Waals surface area contributed by atoms with Crippen LogP contribution in [0.4, 0.5) is 0 Å². The van der Waals surface area contributed by atoms with Crippen molar-refractivity contribution >= 4 is 27.5 Å². The highest BCUT2D eigenvalue weighted by Gasteiger charge is 2.16. The molecule has 0 unspecified atom stereocenters. The van der Waals surface area contributed by atoms with Gasteiger partial charge in [0.1, 0.15) is 5.84 Å². The zero-order chi connectivity index (χ0) is 9.90. The highest BCUT2D eigenvalue weighted by Crippen LogP contribution is 2.09. The van der Waals surface area contributed by atoms with Crippen molar-refractivity contribution in [2.45, 2.75) is 12.8 Å². The molecular weight excluding hydrogens is 212 g/mol. The predicted molar refractivity (Wildman–Crippen MR) is 53.8 cm³/mol. The van der Waals surface area contributed by atoms with Crippen LogP contribution < -0.4 is 0 Å². The summed E-state index contributed by atoms with van der Waals surface area (Å²) in [5.74, 6) is 0.634. The predicted octanol–water partition coefficient (Wildman–Crippen LogP) is 0.679. The zero-order valence-corrected chi connectivity index (χ0v) is 9.11. The molecule has 0 aromatic rings. The van der Waals surface area contributed by atoms with Gasteiger partial charge in [0.15, 0.2) is 0 Å². The third kappa shape index (κ3) is 3.52. The van der Waals surface area contributed by atoms with Gasteiger partial charge in [-0.3, -0.25) is 0 Å². The van der Waals surface area contributed by atoms with E-state index in [4.69, 9.17) is 11.6 Å². The molecule has 1 aliphatic rings. The van der Waals surface area contributed by atoms with Crippen LogP contribution in [0, 0.1) is 0 Å². The van der Waals surface area contributed by atoms with Crippen molar-refractivity contribution < 1.29 is 8.42 Å². The molecule has 1 aliphatic heterocycles. The zero-order valence-electron chi connectivity index (χ0n) is 7.53. The molecular formula is C7H13ClN2O2S. The van der Waals surface area contributed by atoms with Crippen LogP contribution in [-0.2, 0) is 10.0 Å². The van der Waals surface area contributed by atoms with Crippen molar-refractivity contribution in [3.05, 3.63) is 0 Å². The molecule has 0 aromatic heterocycles. The molecule has 1 rings (SSSR count). The molecule has 6 heteroatoms. The SMILES string of the molecule is CS(=O)(=O)N=C(CCl)N1CCCC1. The lowest BCUT2D eigenvalue weighted by molar-refractivity contribution is 0.517. The number of hydrogen-bond donors (Lipinski definition) is 0. The van der Waals surface area contributed by atoms with Crippen LogP contribution in [-0.4, -0.2) is 44.4 Å². The van der Waals surface area contributed by atoms with Gasteiger partial charge in [0.05, 0.1) is 12.1 Å². The Balaban J connectivity index is 2.77. The number of nitrogens with zero attached hydrogens (tertiary/aromatic N) is 2. The molecule has 0 aromatic carbocycles. The van der Waals surface area contributed by atoms with Crippen LogP contribution in [0.1, 0.15) is 12.8 Å². The maximum absolute atomic E-state index is 10.9. The van der Waals surface area contributed by atoms with E-state index >= 15 is 0 Å². The molecule has 0 bridgehead atoms. The van der Waals surface area contributed by atoms with Crippen LogP contribution in [0.15, 0.2) is 4.40 Å². The molecule has 0 spiro atoms. The molecule has 1 fully saturated rings. The fourth-order valence-corrected chi connectivity index (χ4v) is 2.20. The molecule has 1 saturated heterocycles. The largest absolute Gasteiger partial charge is 0.358 e. The van der Waals surface area contributed by atoms with E-state index < -0.39 is 10.0 Å². The minimum atomic E-state index is -3.31. The Hall–Kier alpha value is -0.290. The molecule has 0 amide bonds. The first-order valence-corrected chi connectivity index (χ1v) is 6.51. The molecule has 0 N–H and O–H groups in total. The molecule has 0 aliphatic carbocycles. The Morgan fingerprint density at radius 2 is 2.00 bits per heavy atom. The molecule has 13 heavy (non-hydrogen) atoms. The van der Waals surface area contributed by atoms with Gasteiger partial charge in [-0.25, -0.2) is 8.42 Å². The van der Waals surface area contributed by atoms with Crippen LogP contribution >= 0.6 is 11.6 Å². The standard InChI is InChI=1S/C7H13ClN2O2S/c1-13(11,12)9-7(6-8)10-4-2-3-5-10/h2-6H2,1H3. The first kappa shape index (κ1) is 10.8. The average molecular weight is 225 g/mol. The maximum atomic E-state index is 10.9. The number of amidine groups is 1. The van der Waals surface area contributed by atoms with Crippen molar-refractivity contribution in [2.75, 3.05) is 25.2 Å². The van der Waals surface area contributed by atoms with E-state index in [1.807, 2.05) is 4.90 Å².